The number of alkyl halides is 6. The number of nitrogen functional groups attached to an aromatic ring is 2. The second kappa shape index (κ2) is 10.4. The van der Waals surface area contributed by atoms with Gasteiger partial charge in [-0.25, -0.2) is 33.4 Å². The van der Waals surface area contributed by atoms with E-state index >= 15 is 0 Å². The molecule has 0 saturated heterocycles. The maximum absolute atomic E-state index is 14.3. The third-order valence-corrected chi connectivity index (χ3v) is 4.99. The smallest absolute Gasteiger partial charge is 0.290 e. The summed E-state index contributed by atoms with van der Waals surface area (Å²) in [5, 5.41) is -2.75. The molecular weight excluding hydrogens is 518 g/mol. The molecule has 2 aromatic carbocycles. The third-order valence-electron chi connectivity index (χ3n) is 4.99. The predicted octanol–water partition coefficient (Wildman–Crippen LogP) is 0.0465. The lowest BCUT2D eigenvalue weighted by Crippen LogP contribution is -2.81. The van der Waals surface area contributed by atoms with E-state index in [1.165, 1.54) is 0 Å². The molecule has 0 unspecified atom stereocenters. The topological polar surface area (TPSA) is 203 Å². The van der Waals surface area contributed by atoms with E-state index in [-0.39, 0.29) is 0 Å². The Labute approximate surface area is 203 Å². The number of rotatable bonds is 6. The fourth-order valence-electron chi connectivity index (χ4n) is 3.27. The first kappa shape index (κ1) is 29.0. The molecule has 18 heteroatoms. The Kier molecular flexibility index (Phi) is 8.13. The lowest BCUT2D eigenvalue weighted by molar-refractivity contribution is -0.371. The Morgan fingerprint density at radius 1 is 0.595 bits per heavy atom. The number of halogens is 6. The minimum atomic E-state index is -6.59. The number of carbonyl (C=O) groups is 4. The van der Waals surface area contributed by atoms with Crippen LogP contribution in [0.15, 0.2) is 48.5 Å². The van der Waals surface area contributed by atoms with E-state index < -0.39 is 73.9 Å². The summed E-state index contributed by atoms with van der Waals surface area (Å²) < 4.78 is 85.9. The maximum atomic E-state index is 14.3. The molecule has 0 aliphatic heterocycles. The second-order valence-corrected chi connectivity index (χ2v) is 7.06. The average Bonchev–Trinajstić information content (AvgIpc) is 2.85. The monoisotopic (exact) mass is 536 g/mol. The quantitative estimate of drug-likeness (QED) is 0.0976. The number of benzene rings is 2. The van der Waals surface area contributed by atoms with Gasteiger partial charge in [-0.15, -0.1) is 0 Å². The highest BCUT2D eigenvalue weighted by Crippen LogP contribution is 2.48. The van der Waals surface area contributed by atoms with Gasteiger partial charge < -0.3 is 0 Å². The van der Waals surface area contributed by atoms with Crippen LogP contribution in [-0.2, 0) is 0 Å². The number of hydrazine groups is 4. The van der Waals surface area contributed by atoms with E-state index in [9.17, 15) is 45.5 Å². The molecular formula is C19H18F6N8O4. The second-order valence-electron chi connectivity index (χ2n) is 7.06. The molecule has 0 aromatic heterocycles. The van der Waals surface area contributed by atoms with E-state index in [2.05, 4.69) is 0 Å². The largest absolute Gasteiger partial charge is 0.443 e. The van der Waals surface area contributed by atoms with Crippen molar-refractivity contribution in [2.75, 3.05) is 0 Å². The molecule has 37 heavy (non-hydrogen) atoms. The van der Waals surface area contributed by atoms with Crippen LogP contribution in [0.5, 0.6) is 0 Å². The molecule has 0 heterocycles. The van der Waals surface area contributed by atoms with Gasteiger partial charge in [-0.2, -0.15) is 26.3 Å². The van der Waals surface area contributed by atoms with Crippen LogP contribution < -0.4 is 34.2 Å². The number of nitrogens with two attached hydrogens (primary N) is 4. The summed E-state index contributed by atoms with van der Waals surface area (Å²) >= 11 is 0. The summed E-state index contributed by atoms with van der Waals surface area (Å²) in [5.41, 5.74) is -6.15. The molecule has 0 spiro atoms. The van der Waals surface area contributed by atoms with Crippen LogP contribution >= 0.6 is 0 Å². The van der Waals surface area contributed by atoms with Crippen molar-refractivity contribution in [1.29, 1.82) is 0 Å². The summed E-state index contributed by atoms with van der Waals surface area (Å²) in [6, 6.07) is 7.36. The summed E-state index contributed by atoms with van der Waals surface area (Å²) in [6.07, 6.45) is -13.2. The summed E-state index contributed by atoms with van der Waals surface area (Å²) in [4.78, 5) is 49.7. The number of hydrogen-bond donors (Lipinski definition) is 6. The number of nitrogens with zero attached hydrogens (tertiary/aromatic N) is 2. The van der Waals surface area contributed by atoms with Crippen molar-refractivity contribution in [2.24, 2.45) is 23.4 Å². The first-order valence-corrected chi connectivity index (χ1v) is 9.59. The molecule has 2 aromatic rings. The number of hydrogen-bond acceptors (Lipinski definition) is 8. The standard InChI is InChI=1S/C19H18F6N8O4/c20-18(21,22)17(19(23,24)25,32(28)15(36)11-7-3-1-5-9(11)13(34)30-26)33(29)16(37)12-8-4-2-6-10(12)14(35)31-27/h1-8H,26-29H2,(H,30,34)(H,31,35). The first-order chi connectivity index (χ1) is 17.1. The van der Waals surface area contributed by atoms with Crippen molar-refractivity contribution in [2.45, 2.75) is 18.0 Å². The van der Waals surface area contributed by atoms with Gasteiger partial charge in [-0.3, -0.25) is 30.0 Å². The molecule has 0 saturated carbocycles. The molecule has 12 nitrogen and oxygen atoms in total. The fourth-order valence-corrected chi connectivity index (χ4v) is 3.27. The van der Waals surface area contributed by atoms with Crippen LogP contribution in [0.2, 0.25) is 0 Å². The third kappa shape index (κ3) is 4.89. The zero-order valence-electron chi connectivity index (χ0n) is 18.2. The minimum Gasteiger partial charge on any atom is -0.290 e. The fraction of sp³-hybridized carbons (Fsp3) is 0.158. The molecule has 0 radical (unpaired) electrons. The van der Waals surface area contributed by atoms with Crippen molar-refractivity contribution in [3.05, 3.63) is 70.8 Å². The maximum Gasteiger partial charge on any atom is 0.443 e. The van der Waals surface area contributed by atoms with E-state index in [1.807, 2.05) is 0 Å². The van der Waals surface area contributed by atoms with Crippen LogP contribution in [0, 0.1) is 0 Å². The Bertz CT molecular complexity index is 1130. The molecule has 10 N–H and O–H groups in total. The molecule has 0 bridgehead atoms. The highest BCUT2D eigenvalue weighted by molar-refractivity contribution is 6.08. The number of amides is 4. The van der Waals surface area contributed by atoms with Gasteiger partial charge in [0.05, 0.1) is 22.3 Å². The van der Waals surface area contributed by atoms with E-state index in [1.54, 1.807) is 10.9 Å². The predicted molar refractivity (Wildman–Crippen MR) is 112 cm³/mol. The summed E-state index contributed by atoms with van der Waals surface area (Å²) in [5.74, 6) is 13.3. The average molecular weight is 536 g/mol. The van der Waals surface area contributed by atoms with E-state index in [4.69, 9.17) is 23.4 Å². The van der Waals surface area contributed by atoms with Crippen molar-refractivity contribution in [3.63, 3.8) is 0 Å². The Morgan fingerprint density at radius 3 is 1.11 bits per heavy atom. The molecule has 0 aliphatic carbocycles. The molecule has 0 aliphatic rings. The van der Waals surface area contributed by atoms with Gasteiger partial charge in [0.2, 0.25) is 0 Å². The lowest BCUT2D eigenvalue weighted by Gasteiger charge is -2.47. The van der Waals surface area contributed by atoms with Crippen molar-refractivity contribution < 1.29 is 45.5 Å². The SMILES string of the molecule is NNC(=O)c1ccccc1C(=O)N(N)C(N(N)C(=O)c1ccccc1C(=O)NN)(C(F)(F)F)C(F)(F)F. The Morgan fingerprint density at radius 2 is 0.865 bits per heavy atom. The highest BCUT2D eigenvalue weighted by Gasteiger charge is 2.79. The minimum absolute atomic E-state index is 0.688. The van der Waals surface area contributed by atoms with Gasteiger partial charge in [0.1, 0.15) is 0 Å². The van der Waals surface area contributed by atoms with E-state index in [0.29, 0.717) is 12.1 Å². The van der Waals surface area contributed by atoms with Crippen LogP contribution in [0.25, 0.3) is 0 Å². The van der Waals surface area contributed by atoms with Crippen LogP contribution in [0.1, 0.15) is 41.4 Å². The zero-order valence-corrected chi connectivity index (χ0v) is 18.2. The Balaban J connectivity index is 2.82. The van der Waals surface area contributed by atoms with Crippen LogP contribution in [-0.4, -0.2) is 51.7 Å². The first-order valence-electron chi connectivity index (χ1n) is 9.59. The molecule has 0 atom stereocenters. The van der Waals surface area contributed by atoms with Crippen molar-refractivity contribution in [3.8, 4) is 0 Å². The zero-order chi connectivity index (χ0) is 28.3. The van der Waals surface area contributed by atoms with E-state index in [0.717, 1.165) is 36.4 Å². The summed E-state index contributed by atoms with van der Waals surface area (Å²) in [6.45, 7) is 0. The molecule has 200 valence electrons. The van der Waals surface area contributed by atoms with Crippen LogP contribution in [0.3, 0.4) is 0 Å². The van der Waals surface area contributed by atoms with Crippen molar-refractivity contribution in [1.82, 2.24) is 20.9 Å². The Hall–Kier alpha value is -4.26. The van der Waals surface area contributed by atoms with Gasteiger partial charge in [0, 0.05) is 0 Å². The molecule has 0 fully saturated rings. The van der Waals surface area contributed by atoms with Gasteiger partial charge in [-0.1, -0.05) is 24.3 Å². The van der Waals surface area contributed by atoms with Gasteiger partial charge in [0.15, 0.2) is 0 Å². The van der Waals surface area contributed by atoms with Gasteiger partial charge in [-0.05, 0) is 24.3 Å². The number of nitrogens with one attached hydrogen (secondary N) is 2. The van der Waals surface area contributed by atoms with Crippen LogP contribution in [0.4, 0.5) is 26.3 Å². The van der Waals surface area contributed by atoms with Crippen molar-refractivity contribution >= 4 is 23.6 Å². The normalized spacial score (nSPS) is 11.9. The molecule has 4 amide bonds. The van der Waals surface area contributed by atoms with Gasteiger partial charge in [0.25, 0.3) is 23.6 Å². The summed E-state index contributed by atoms with van der Waals surface area (Å²) in [7, 11) is 0. The number of carbonyl (C=O) groups excluding carboxylic acids is 4. The van der Waals surface area contributed by atoms with Gasteiger partial charge >= 0.3 is 18.0 Å². The highest BCUT2D eigenvalue weighted by atomic mass is 19.4. The lowest BCUT2D eigenvalue weighted by atomic mass is 10.0. The molecule has 2 rings (SSSR count).